The van der Waals surface area contributed by atoms with Crippen molar-refractivity contribution in [2.75, 3.05) is 13.7 Å². The zero-order chi connectivity index (χ0) is 21.8. The Hall–Kier alpha value is -3.00. The van der Waals surface area contributed by atoms with Gasteiger partial charge in [-0.3, -0.25) is 19.0 Å². The number of esters is 1. The van der Waals surface area contributed by atoms with E-state index in [9.17, 15) is 14.4 Å². The largest absolute Gasteiger partial charge is 0.468 e. The van der Waals surface area contributed by atoms with Crippen molar-refractivity contribution in [3.63, 3.8) is 0 Å². The van der Waals surface area contributed by atoms with Gasteiger partial charge in [0.2, 0.25) is 5.91 Å². The predicted octanol–water partition coefficient (Wildman–Crippen LogP) is 3.23. The minimum absolute atomic E-state index is 0.0896. The Kier molecular flexibility index (Phi) is 6.66. The summed E-state index contributed by atoms with van der Waals surface area (Å²) in [7, 11) is 1.29. The quantitative estimate of drug-likeness (QED) is 0.541. The van der Waals surface area contributed by atoms with Gasteiger partial charge in [-0.15, -0.1) is 11.3 Å². The molecule has 0 spiro atoms. The summed E-state index contributed by atoms with van der Waals surface area (Å²) in [4.78, 5) is 43.9. The standard InChI is InChI=1S/C22H25N3O4S/c1-14(2)25(11-19(27)29-4)18(26)9-10-24-13-23-21-20(22(24)28)17(12-30-21)16-7-5-15(3)6-8-16/h5-8,12-14H,9-11H2,1-4H3. The molecule has 0 aliphatic heterocycles. The van der Waals surface area contributed by atoms with Gasteiger partial charge in [-0.2, -0.15) is 0 Å². The molecule has 0 aliphatic carbocycles. The van der Waals surface area contributed by atoms with Gasteiger partial charge in [-0.1, -0.05) is 29.8 Å². The summed E-state index contributed by atoms with van der Waals surface area (Å²) in [6.45, 7) is 5.76. The van der Waals surface area contributed by atoms with Gasteiger partial charge < -0.3 is 9.64 Å². The summed E-state index contributed by atoms with van der Waals surface area (Å²) >= 11 is 1.43. The van der Waals surface area contributed by atoms with Gasteiger partial charge in [0.05, 0.1) is 18.8 Å². The molecule has 30 heavy (non-hydrogen) atoms. The molecule has 1 aromatic carbocycles. The van der Waals surface area contributed by atoms with E-state index in [0.717, 1.165) is 16.7 Å². The van der Waals surface area contributed by atoms with Gasteiger partial charge >= 0.3 is 5.97 Å². The average molecular weight is 428 g/mol. The number of aromatic nitrogens is 2. The van der Waals surface area contributed by atoms with Crippen LogP contribution < -0.4 is 5.56 Å². The fourth-order valence-corrected chi connectivity index (χ4v) is 4.10. The first-order valence-corrected chi connectivity index (χ1v) is 10.6. The first-order valence-electron chi connectivity index (χ1n) is 9.71. The Morgan fingerprint density at radius 1 is 1.23 bits per heavy atom. The third-order valence-corrected chi connectivity index (χ3v) is 5.85. The first-order chi connectivity index (χ1) is 14.3. The Morgan fingerprint density at radius 2 is 1.93 bits per heavy atom. The SMILES string of the molecule is COC(=O)CN(C(=O)CCn1cnc2scc(-c3ccc(C)cc3)c2c1=O)C(C)C. The lowest BCUT2D eigenvalue weighted by atomic mass is 10.1. The molecule has 0 saturated carbocycles. The molecule has 0 aliphatic rings. The van der Waals surface area contributed by atoms with Gasteiger partial charge in [0.15, 0.2) is 0 Å². The number of fused-ring (bicyclic) bond motifs is 1. The first kappa shape index (κ1) is 21.7. The highest BCUT2D eigenvalue weighted by molar-refractivity contribution is 7.17. The number of benzene rings is 1. The Morgan fingerprint density at radius 3 is 2.57 bits per heavy atom. The minimum atomic E-state index is -0.474. The van der Waals surface area contributed by atoms with Crippen LogP contribution in [-0.4, -0.2) is 46.0 Å². The number of methoxy groups -OCH3 is 1. The maximum atomic E-state index is 13.1. The number of nitrogens with zero attached hydrogens (tertiary/aromatic N) is 3. The van der Waals surface area contributed by atoms with E-state index in [4.69, 9.17) is 0 Å². The van der Waals surface area contributed by atoms with E-state index >= 15 is 0 Å². The second-order valence-corrected chi connectivity index (χ2v) is 8.24. The number of amides is 1. The minimum Gasteiger partial charge on any atom is -0.468 e. The van der Waals surface area contributed by atoms with Crippen molar-refractivity contribution >= 4 is 33.4 Å². The average Bonchev–Trinajstić information content (AvgIpc) is 3.16. The Bertz CT molecular complexity index is 1120. The molecule has 2 aromatic heterocycles. The van der Waals surface area contributed by atoms with E-state index in [1.54, 1.807) is 0 Å². The van der Waals surface area contributed by atoms with Crippen LogP contribution in [0.4, 0.5) is 0 Å². The lowest BCUT2D eigenvalue weighted by Crippen LogP contribution is -2.41. The molecule has 1 amide bonds. The van der Waals surface area contributed by atoms with E-state index in [-0.39, 0.29) is 37.0 Å². The zero-order valence-corrected chi connectivity index (χ0v) is 18.4. The van der Waals surface area contributed by atoms with E-state index in [0.29, 0.717) is 10.2 Å². The van der Waals surface area contributed by atoms with Gasteiger partial charge in [-0.25, -0.2) is 4.98 Å². The molecular weight excluding hydrogens is 402 g/mol. The summed E-state index contributed by atoms with van der Waals surface area (Å²) in [5, 5.41) is 2.50. The number of hydrogen-bond donors (Lipinski definition) is 0. The number of thiophene rings is 1. The van der Waals surface area contributed by atoms with Crippen LogP contribution in [0.5, 0.6) is 0 Å². The molecule has 8 heteroatoms. The maximum Gasteiger partial charge on any atom is 0.325 e. The van der Waals surface area contributed by atoms with E-state index in [2.05, 4.69) is 9.72 Å². The van der Waals surface area contributed by atoms with Crippen molar-refractivity contribution in [3.8, 4) is 11.1 Å². The number of aryl methyl sites for hydroxylation is 2. The van der Waals surface area contributed by atoms with Crippen molar-refractivity contribution in [1.29, 1.82) is 0 Å². The predicted molar refractivity (Wildman–Crippen MR) is 118 cm³/mol. The Balaban J connectivity index is 1.85. The van der Waals surface area contributed by atoms with Crippen molar-refractivity contribution in [1.82, 2.24) is 14.5 Å². The molecule has 0 bridgehead atoms. The normalized spacial score (nSPS) is 11.1. The van der Waals surface area contributed by atoms with Crippen LogP contribution in [0.2, 0.25) is 0 Å². The molecule has 3 aromatic rings. The second kappa shape index (κ2) is 9.21. The molecule has 0 atom stereocenters. The highest BCUT2D eigenvalue weighted by atomic mass is 32.1. The van der Waals surface area contributed by atoms with Gasteiger partial charge in [0.25, 0.3) is 5.56 Å². The fraction of sp³-hybridized carbons (Fsp3) is 0.364. The highest BCUT2D eigenvalue weighted by Crippen LogP contribution is 2.30. The van der Waals surface area contributed by atoms with E-state index in [1.807, 2.05) is 50.4 Å². The third-order valence-electron chi connectivity index (χ3n) is 4.96. The fourth-order valence-electron chi connectivity index (χ4n) is 3.19. The van der Waals surface area contributed by atoms with Crippen molar-refractivity contribution in [2.24, 2.45) is 0 Å². The number of hydrogen-bond acceptors (Lipinski definition) is 6. The molecule has 3 rings (SSSR count). The summed E-state index contributed by atoms with van der Waals surface area (Å²) in [5.41, 5.74) is 2.79. The summed E-state index contributed by atoms with van der Waals surface area (Å²) in [6, 6.07) is 7.84. The van der Waals surface area contributed by atoms with Crippen LogP contribution in [0.1, 0.15) is 25.8 Å². The molecule has 7 nitrogen and oxygen atoms in total. The molecule has 0 saturated heterocycles. The number of ether oxygens (including phenoxy) is 1. The van der Waals surface area contributed by atoms with Gasteiger partial charge in [0.1, 0.15) is 11.4 Å². The molecular formula is C22H25N3O4S. The van der Waals surface area contributed by atoms with Gasteiger partial charge in [-0.05, 0) is 26.3 Å². The van der Waals surface area contributed by atoms with Crippen LogP contribution in [0, 0.1) is 6.92 Å². The number of carbonyl (C=O) groups is 2. The zero-order valence-electron chi connectivity index (χ0n) is 17.5. The molecule has 0 radical (unpaired) electrons. The van der Waals surface area contributed by atoms with Crippen LogP contribution in [-0.2, 0) is 20.9 Å². The Labute approximate surface area is 178 Å². The summed E-state index contributed by atoms with van der Waals surface area (Å²) in [5.74, 6) is -0.690. The topological polar surface area (TPSA) is 81.5 Å². The monoisotopic (exact) mass is 427 g/mol. The van der Waals surface area contributed by atoms with Crippen molar-refractivity contribution in [2.45, 2.75) is 39.8 Å². The van der Waals surface area contributed by atoms with Crippen molar-refractivity contribution in [3.05, 3.63) is 51.9 Å². The lowest BCUT2D eigenvalue weighted by Gasteiger charge is -2.25. The number of carbonyl (C=O) groups excluding carboxylic acids is 2. The van der Waals surface area contributed by atoms with Crippen LogP contribution in [0.15, 0.2) is 40.8 Å². The molecule has 0 unspecified atom stereocenters. The van der Waals surface area contributed by atoms with Crippen LogP contribution in [0.25, 0.3) is 21.3 Å². The van der Waals surface area contributed by atoms with E-state index in [1.165, 1.54) is 34.2 Å². The highest BCUT2D eigenvalue weighted by Gasteiger charge is 2.21. The summed E-state index contributed by atoms with van der Waals surface area (Å²) < 4.78 is 6.13. The smallest absolute Gasteiger partial charge is 0.325 e. The molecule has 158 valence electrons. The van der Waals surface area contributed by atoms with Gasteiger partial charge in [0, 0.05) is 30.0 Å². The van der Waals surface area contributed by atoms with E-state index < -0.39 is 5.97 Å². The van der Waals surface area contributed by atoms with Crippen LogP contribution in [0.3, 0.4) is 0 Å². The lowest BCUT2D eigenvalue weighted by molar-refractivity contribution is -0.148. The summed E-state index contributed by atoms with van der Waals surface area (Å²) in [6.07, 6.45) is 1.57. The molecule has 0 fully saturated rings. The third kappa shape index (κ3) is 4.59. The van der Waals surface area contributed by atoms with Crippen molar-refractivity contribution < 1.29 is 14.3 Å². The molecule has 0 N–H and O–H groups in total. The maximum absolute atomic E-state index is 13.1. The molecule has 2 heterocycles. The second-order valence-electron chi connectivity index (χ2n) is 7.38. The van der Waals surface area contributed by atoms with Crippen LogP contribution >= 0.6 is 11.3 Å². The number of rotatable bonds is 7.